The van der Waals surface area contributed by atoms with Crippen LogP contribution in [0.4, 0.5) is 4.39 Å². The first kappa shape index (κ1) is 11.8. The molecular formula is C13H16FN3. The van der Waals surface area contributed by atoms with Crippen LogP contribution in [-0.2, 0) is 6.54 Å². The fourth-order valence-corrected chi connectivity index (χ4v) is 1.80. The number of aromatic amines is 1. The zero-order valence-corrected chi connectivity index (χ0v) is 10.00. The molecular weight excluding hydrogens is 217 g/mol. The van der Waals surface area contributed by atoms with Gasteiger partial charge in [-0.15, -0.1) is 0 Å². The number of nitrogens with one attached hydrogen (secondary N) is 1. The van der Waals surface area contributed by atoms with Gasteiger partial charge in [-0.3, -0.25) is 0 Å². The molecule has 90 valence electrons. The standard InChI is InChI=1S/C13H16FN3/c1-8(2)12-11(7-15)16-13(17-12)9-3-5-10(14)6-4-9/h3-6,8H,7,15H2,1-2H3,(H,16,17). The summed E-state index contributed by atoms with van der Waals surface area (Å²) in [5.74, 6) is 0.816. The molecule has 0 saturated heterocycles. The summed E-state index contributed by atoms with van der Waals surface area (Å²) in [6, 6.07) is 6.27. The topological polar surface area (TPSA) is 54.7 Å². The molecule has 0 aliphatic rings. The van der Waals surface area contributed by atoms with E-state index in [0.29, 0.717) is 12.5 Å². The van der Waals surface area contributed by atoms with Gasteiger partial charge in [0.2, 0.25) is 0 Å². The minimum absolute atomic E-state index is 0.247. The molecule has 3 N–H and O–H groups in total. The highest BCUT2D eigenvalue weighted by molar-refractivity contribution is 5.56. The van der Waals surface area contributed by atoms with Crippen LogP contribution in [0.2, 0.25) is 0 Å². The van der Waals surface area contributed by atoms with Crippen LogP contribution >= 0.6 is 0 Å². The number of imidazole rings is 1. The van der Waals surface area contributed by atoms with Crippen molar-refractivity contribution in [3.05, 3.63) is 41.5 Å². The second kappa shape index (κ2) is 4.67. The normalized spacial score (nSPS) is 11.1. The maximum absolute atomic E-state index is 12.8. The molecule has 4 heteroatoms. The Morgan fingerprint density at radius 3 is 2.41 bits per heavy atom. The molecule has 0 spiro atoms. The summed E-state index contributed by atoms with van der Waals surface area (Å²) in [5, 5.41) is 0. The van der Waals surface area contributed by atoms with Crippen LogP contribution in [-0.4, -0.2) is 9.97 Å². The van der Waals surface area contributed by atoms with Gasteiger partial charge in [-0.1, -0.05) is 13.8 Å². The van der Waals surface area contributed by atoms with Crippen LogP contribution in [0.3, 0.4) is 0 Å². The van der Waals surface area contributed by atoms with Crippen molar-refractivity contribution in [1.29, 1.82) is 0 Å². The van der Waals surface area contributed by atoms with Crippen molar-refractivity contribution in [3.63, 3.8) is 0 Å². The molecule has 1 aromatic heterocycles. The molecule has 0 aliphatic heterocycles. The molecule has 3 nitrogen and oxygen atoms in total. The van der Waals surface area contributed by atoms with Crippen LogP contribution < -0.4 is 5.73 Å². The summed E-state index contributed by atoms with van der Waals surface area (Å²) in [4.78, 5) is 7.71. The van der Waals surface area contributed by atoms with Crippen molar-refractivity contribution in [1.82, 2.24) is 9.97 Å². The van der Waals surface area contributed by atoms with E-state index in [-0.39, 0.29) is 5.82 Å². The summed E-state index contributed by atoms with van der Waals surface area (Å²) in [5.41, 5.74) is 8.46. The van der Waals surface area contributed by atoms with Crippen molar-refractivity contribution in [2.75, 3.05) is 0 Å². The zero-order valence-electron chi connectivity index (χ0n) is 10.00. The first-order valence-corrected chi connectivity index (χ1v) is 5.66. The maximum atomic E-state index is 12.8. The van der Waals surface area contributed by atoms with Crippen molar-refractivity contribution < 1.29 is 4.39 Å². The third-order valence-electron chi connectivity index (χ3n) is 2.68. The number of nitrogens with zero attached hydrogens (tertiary/aromatic N) is 1. The smallest absolute Gasteiger partial charge is 0.137 e. The van der Waals surface area contributed by atoms with E-state index in [0.717, 1.165) is 22.8 Å². The average Bonchev–Trinajstić information content (AvgIpc) is 2.74. The lowest BCUT2D eigenvalue weighted by molar-refractivity contribution is 0.628. The van der Waals surface area contributed by atoms with E-state index in [1.165, 1.54) is 12.1 Å². The van der Waals surface area contributed by atoms with Crippen molar-refractivity contribution in [3.8, 4) is 11.4 Å². The quantitative estimate of drug-likeness (QED) is 0.856. The molecule has 0 bridgehead atoms. The van der Waals surface area contributed by atoms with E-state index in [9.17, 15) is 4.39 Å². The predicted octanol–water partition coefficient (Wildman–Crippen LogP) is 2.80. The van der Waals surface area contributed by atoms with E-state index in [4.69, 9.17) is 5.73 Å². The van der Waals surface area contributed by atoms with Gasteiger partial charge in [0.1, 0.15) is 11.6 Å². The molecule has 2 aromatic rings. The third kappa shape index (κ3) is 2.36. The highest BCUT2D eigenvalue weighted by atomic mass is 19.1. The maximum Gasteiger partial charge on any atom is 0.137 e. The first-order valence-electron chi connectivity index (χ1n) is 5.66. The Morgan fingerprint density at radius 2 is 1.94 bits per heavy atom. The lowest BCUT2D eigenvalue weighted by Gasteiger charge is -2.01. The lowest BCUT2D eigenvalue weighted by atomic mass is 10.1. The van der Waals surface area contributed by atoms with E-state index in [1.54, 1.807) is 12.1 Å². The molecule has 0 aliphatic carbocycles. The van der Waals surface area contributed by atoms with Gasteiger partial charge in [0.05, 0.1) is 11.4 Å². The van der Waals surface area contributed by atoms with Crippen LogP contribution in [0, 0.1) is 5.82 Å². The van der Waals surface area contributed by atoms with Crippen LogP contribution in [0.5, 0.6) is 0 Å². The Kier molecular flexibility index (Phi) is 3.24. The molecule has 0 saturated carbocycles. The van der Waals surface area contributed by atoms with Crippen molar-refractivity contribution in [2.24, 2.45) is 5.73 Å². The summed E-state index contributed by atoms with van der Waals surface area (Å²) in [7, 11) is 0. The van der Waals surface area contributed by atoms with E-state index >= 15 is 0 Å². The highest BCUT2D eigenvalue weighted by Gasteiger charge is 2.13. The molecule has 0 radical (unpaired) electrons. The van der Waals surface area contributed by atoms with Gasteiger partial charge in [0.15, 0.2) is 0 Å². The van der Waals surface area contributed by atoms with Gasteiger partial charge in [0, 0.05) is 12.1 Å². The fraction of sp³-hybridized carbons (Fsp3) is 0.308. The number of aromatic nitrogens is 2. The van der Waals surface area contributed by atoms with Gasteiger partial charge in [-0.05, 0) is 30.2 Å². The number of halogens is 1. The van der Waals surface area contributed by atoms with E-state index in [2.05, 4.69) is 23.8 Å². The van der Waals surface area contributed by atoms with Crippen LogP contribution in [0.1, 0.15) is 31.2 Å². The number of benzene rings is 1. The minimum Gasteiger partial charge on any atom is -0.341 e. The Bertz CT molecular complexity index is 500. The van der Waals surface area contributed by atoms with E-state index < -0.39 is 0 Å². The Hall–Kier alpha value is -1.68. The summed E-state index contributed by atoms with van der Waals surface area (Å²) in [6.07, 6.45) is 0. The number of H-pyrrole nitrogens is 1. The first-order chi connectivity index (χ1) is 8.11. The molecule has 0 amide bonds. The molecule has 0 atom stereocenters. The van der Waals surface area contributed by atoms with Gasteiger partial charge in [-0.2, -0.15) is 0 Å². The predicted molar refractivity (Wildman–Crippen MR) is 66.0 cm³/mol. The second-order valence-corrected chi connectivity index (χ2v) is 4.31. The zero-order chi connectivity index (χ0) is 12.4. The minimum atomic E-state index is -0.247. The van der Waals surface area contributed by atoms with E-state index in [1.807, 2.05) is 0 Å². The van der Waals surface area contributed by atoms with Gasteiger partial charge < -0.3 is 10.7 Å². The Balaban J connectivity index is 2.42. The third-order valence-corrected chi connectivity index (χ3v) is 2.68. The molecule has 1 heterocycles. The largest absolute Gasteiger partial charge is 0.341 e. The van der Waals surface area contributed by atoms with Gasteiger partial charge in [-0.25, -0.2) is 9.37 Å². The van der Waals surface area contributed by atoms with Gasteiger partial charge in [0.25, 0.3) is 0 Å². The molecule has 0 fully saturated rings. The number of rotatable bonds is 3. The lowest BCUT2D eigenvalue weighted by Crippen LogP contribution is -2.02. The van der Waals surface area contributed by atoms with Gasteiger partial charge >= 0.3 is 0 Å². The second-order valence-electron chi connectivity index (χ2n) is 4.31. The monoisotopic (exact) mass is 233 g/mol. The SMILES string of the molecule is CC(C)c1nc(-c2ccc(F)cc2)[nH]c1CN. The molecule has 0 unspecified atom stereocenters. The molecule has 17 heavy (non-hydrogen) atoms. The summed E-state index contributed by atoms with van der Waals surface area (Å²) < 4.78 is 12.8. The number of hydrogen-bond donors (Lipinski definition) is 2. The molecule has 1 aromatic carbocycles. The summed E-state index contributed by atoms with van der Waals surface area (Å²) >= 11 is 0. The van der Waals surface area contributed by atoms with Crippen molar-refractivity contribution >= 4 is 0 Å². The number of hydrogen-bond acceptors (Lipinski definition) is 2. The Morgan fingerprint density at radius 1 is 1.29 bits per heavy atom. The highest BCUT2D eigenvalue weighted by Crippen LogP contribution is 2.23. The average molecular weight is 233 g/mol. The van der Waals surface area contributed by atoms with Crippen LogP contribution in [0.25, 0.3) is 11.4 Å². The van der Waals surface area contributed by atoms with Crippen LogP contribution in [0.15, 0.2) is 24.3 Å². The molecule has 2 rings (SSSR count). The fourth-order valence-electron chi connectivity index (χ4n) is 1.80. The number of nitrogens with two attached hydrogens (primary N) is 1. The van der Waals surface area contributed by atoms with Crippen molar-refractivity contribution in [2.45, 2.75) is 26.3 Å². The summed E-state index contributed by atoms with van der Waals surface area (Å²) in [6.45, 7) is 4.58. The Labute approximate surface area is 99.9 Å².